The van der Waals surface area contributed by atoms with Crippen LogP contribution in [-0.2, 0) is 0 Å². The maximum atomic E-state index is 12.2. The summed E-state index contributed by atoms with van der Waals surface area (Å²) in [5.41, 5.74) is 6.10. The smallest absolute Gasteiger partial charge is 0.203 e. The van der Waals surface area contributed by atoms with Crippen molar-refractivity contribution in [3.63, 3.8) is 0 Å². The second-order valence-corrected chi connectivity index (χ2v) is 6.56. The third-order valence-corrected chi connectivity index (χ3v) is 4.70. The molecule has 1 aliphatic rings. The van der Waals surface area contributed by atoms with E-state index < -0.39 is 0 Å². The summed E-state index contributed by atoms with van der Waals surface area (Å²) in [7, 11) is 0. The molecule has 1 aromatic heterocycles. The molecule has 6 nitrogen and oxygen atoms in total. The van der Waals surface area contributed by atoms with Crippen LogP contribution in [0.3, 0.4) is 0 Å². The van der Waals surface area contributed by atoms with Gasteiger partial charge in [-0.3, -0.25) is 4.79 Å². The van der Waals surface area contributed by atoms with E-state index >= 15 is 0 Å². The van der Waals surface area contributed by atoms with Crippen LogP contribution in [0.5, 0.6) is 11.5 Å². The minimum absolute atomic E-state index is 0.00409. The number of nitrogen functional groups attached to an aromatic ring is 1. The normalized spacial score (nSPS) is 13.7. The first-order valence-electron chi connectivity index (χ1n) is 6.37. The number of ketones is 1. The topological polar surface area (TPSA) is 87.3 Å². The third-order valence-electron chi connectivity index (χ3n) is 2.82. The maximum absolute atomic E-state index is 12.2. The van der Waals surface area contributed by atoms with Crippen LogP contribution < -0.4 is 15.2 Å². The summed E-state index contributed by atoms with van der Waals surface area (Å²) >= 11 is 2.60. The Morgan fingerprint density at radius 1 is 1.29 bits per heavy atom. The Hall–Kier alpha value is -1.80. The van der Waals surface area contributed by atoms with Crippen molar-refractivity contribution < 1.29 is 14.3 Å². The predicted octanol–water partition coefficient (Wildman–Crippen LogP) is 2.26. The number of thioether (sulfide) groups is 1. The molecule has 2 heterocycles. The Balaban J connectivity index is 1.68. The molecule has 0 amide bonds. The Kier molecular flexibility index (Phi) is 4.26. The number of nitrogens with zero attached hydrogens (tertiary/aromatic N) is 2. The molecule has 0 spiro atoms. The zero-order valence-electron chi connectivity index (χ0n) is 11.1. The lowest BCUT2D eigenvalue weighted by Gasteiger charge is -2.08. The number of aromatic nitrogens is 2. The van der Waals surface area contributed by atoms with E-state index in [0.29, 0.717) is 39.7 Å². The van der Waals surface area contributed by atoms with Crippen LogP contribution in [0.15, 0.2) is 22.5 Å². The minimum Gasteiger partial charge on any atom is -0.490 e. The first-order valence-corrected chi connectivity index (χ1v) is 8.17. The number of fused-ring (bicyclic) bond motifs is 1. The van der Waals surface area contributed by atoms with Crippen LogP contribution in [0.25, 0.3) is 0 Å². The summed E-state index contributed by atoms with van der Waals surface area (Å²) in [4.78, 5) is 12.2. The molecule has 0 atom stereocenters. The van der Waals surface area contributed by atoms with Gasteiger partial charge in [0.2, 0.25) is 5.13 Å². The summed E-state index contributed by atoms with van der Waals surface area (Å²) in [5, 5.41) is 7.99. The van der Waals surface area contributed by atoms with Crippen molar-refractivity contribution in [1.29, 1.82) is 0 Å². The van der Waals surface area contributed by atoms with E-state index in [2.05, 4.69) is 10.2 Å². The fourth-order valence-corrected chi connectivity index (χ4v) is 3.36. The molecule has 2 N–H and O–H groups in total. The molecule has 21 heavy (non-hydrogen) atoms. The van der Waals surface area contributed by atoms with Gasteiger partial charge in [0.1, 0.15) is 0 Å². The average molecular weight is 323 g/mol. The molecule has 2 aromatic rings. The maximum Gasteiger partial charge on any atom is 0.203 e. The standard InChI is InChI=1S/C13H13N3O3S2/c14-12-15-16-13(21-12)20-7-9(17)8-2-3-10-11(6-8)19-5-1-4-18-10/h2-3,6H,1,4-5,7H2,(H2,14,15). The molecule has 0 saturated carbocycles. The second-order valence-electron chi connectivity index (χ2n) is 4.33. The van der Waals surface area contributed by atoms with Gasteiger partial charge in [0.15, 0.2) is 21.6 Å². The Bertz CT molecular complexity index is 660. The van der Waals surface area contributed by atoms with Gasteiger partial charge in [-0.05, 0) is 18.2 Å². The van der Waals surface area contributed by atoms with Crippen molar-refractivity contribution in [2.24, 2.45) is 0 Å². The van der Waals surface area contributed by atoms with Gasteiger partial charge >= 0.3 is 0 Å². The predicted molar refractivity (Wildman–Crippen MR) is 81.4 cm³/mol. The zero-order chi connectivity index (χ0) is 14.7. The lowest BCUT2D eigenvalue weighted by molar-refractivity contribution is 0.102. The van der Waals surface area contributed by atoms with Crippen molar-refractivity contribution in [2.45, 2.75) is 10.8 Å². The third kappa shape index (κ3) is 3.45. The van der Waals surface area contributed by atoms with E-state index in [1.165, 1.54) is 23.1 Å². The van der Waals surface area contributed by atoms with Gasteiger partial charge < -0.3 is 15.2 Å². The molecule has 1 aliphatic heterocycles. The van der Waals surface area contributed by atoms with Gasteiger partial charge in [-0.2, -0.15) is 0 Å². The summed E-state index contributed by atoms with van der Waals surface area (Å²) in [6.07, 6.45) is 0.840. The Labute approximate surface area is 129 Å². The number of anilines is 1. The second kappa shape index (κ2) is 6.31. The highest BCUT2D eigenvalue weighted by molar-refractivity contribution is 8.01. The van der Waals surface area contributed by atoms with Crippen LogP contribution in [0.1, 0.15) is 16.8 Å². The van der Waals surface area contributed by atoms with Gasteiger partial charge in [-0.1, -0.05) is 23.1 Å². The molecule has 0 saturated heterocycles. The highest BCUT2D eigenvalue weighted by Crippen LogP contribution is 2.31. The van der Waals surface area contributed by atoms with Crippen molar-refractivity contribution in [2.75, 3.05) is 24.7 Å². The molecule has 0 unspecified atom stereocenters. The van der Waals surface area contributed by atoms with Crippen molar-refractivity contribution in [3.05, 3.63) is 23.8 Å². The van der Waals surface area contributed by atoms with E-state index in [-0.39, 0.29) is 11.5 Å². The molecule has 1 aromatic carbocycles. The fourth-order valence-electron chi connectivity index (χ4n) is 1.83. The highest BCUT2D eigenvalue weighted by Gasteiger charge is 2.15. The molecular weight excluding hydrogens is 310 g/mol. The van der Waals surface area contributed by atoms with Gasteiger partial charge in [0.25, 0.3) is 0 Å². The van der Waals surface area contributed by atoms with Crippen LogP contribution in [-0.4, -0.2) is 34.9 Å². The van der Waals surface area contributed by atoms with Gasteiger partial charge in [-0.15, -0.1) is 10.2 Å². The lowest BCUT2D eigenvalue weighted by Crippen LogP contribution is -2.03. The first kappa shape index (κ1) is 14.2. The number of carbonyl (C=O) groups is 1. The SMILES string of the molecule is Nc1nnc(SCC(=O)c2ccc3c(c2)OCCCO3)s1. The molecule has 0 fully saturated rings. The fraction of sp³-hybridized carbons (Fsp3) is 0.308. The van der Waals surface area contributed by atoms with Crippen LogP contribution in [0.4, 0.5) is 5.13 Å². The number of Topliss-reactive ketones (excluding diaryl/α,β-unsaturated/α-hetero) is 1. The number of hydrogen-bond acceptors (Lipinski definition) is 8. The number of hydrogen-bond donors (Lipinski definition) is 1. The van der Waals surface area contributed by atoms with Gasteiger partial charge in [0, 0.05) is 12.0 Å². The van der Waals surface area contributed by atoms with E-state index in [9.17, 15) is 4.79 Å². The molecule has 3 rings (SSSR count). The number of ether oxygens (including phenoxy) is 2. The van der Waals surface area contributed by atoms with Crippen molar-refractivity contribution >= 4 is 34.0 Å². The lowest BCUT2D eigenvalue weighted by atomic mass is 10.1. The first-order chi connectivity index (χ1) is 10.2. The molecular formula is C13H13N3O3S2. The zero-order valence-corrected chi connectivity index (χ0v) is 12.7. The van der Waals surface area contributed by atoms with Crippen molar-refractivity contribution in [3.8, 4) is 11.5 Å². The van der Waals surface area contributed by atoms with E-state index in [1.807, 2.05) is 0 Å². The number of rotatable bonds is 4. The Morgan fingerprint density at radius 2 is 2.10 bits per heavy atom. The van der Waals surface area contributed by atoms with Crippen LogP contribution in [0.2, 0.25) is 0 Å². The summed E-state index contributed by atoms with van der Waals surface area (Å²) in [5.74, 6) is 1.61. The molecule has 8 heteroatoms. The van der Waals surface area contributed by atoms with Gasteiger partial charge in [0.05, 0.1) is 19.0 Å². The minimum atomic E-state index is 0.00409. The Morgan fingerprint density at radius 3 is 2.86 bits per heavy atom. The van der Waals surface area contributed by atoms with Crippen molar-refractivity contribution in [1.82, 2.24) is 10.2 Å². The quantitative estimate of drug-likeness (QED) is 0.682. The molecule has 0 radical (unpaired) electrons. The summed E-state index contributed by atoms with van der Waals surface area (Å²) in [6.45, 7) is 1.23. The monoisotopic (exact) mass is 323 g/mol. The highest BCUT2D eigenvalue weighted by atomic mass is 32.2. The van der Waals surface area contributed by atoms with Crippen LogP contribution >= 0.6 is 23.1 Å². The van der Waals surface area contributed by atoms with Gasteiger partial charge in [-0.25, -0.2) is 0 Å². The average Bonchev–Trinajstić information content (AvgIpc) is 2.77. The molecule has 0 bridgehead atoms. The summed E-state index contributed by atoms with van der Waals surface area (Å²) < 4.78 is 11.8. The summed E-state index contributed by atoms with van der Waals surface area (Å²) in [6, 6.07) is 5.27. The molecule has 110 valence electrons. The number of benzene rings is 1. The van der Waals surface area contributed by atoms with E-state index in [1.54, 1.807) is 18.2 Å². The molecule has 0 aliphatic carbocycles. The van der Waals surface area contributed by atoms with E-state index in [4.69, 9.17) is 15.2 Å². The number of carbonyl (C=O) groups excluding carboxylic acids is 1. The number of nitrogens with two attached hydrogens (primary N) is 1. The largest absolute Gasteiger partial charge is 0.490 e. The van der Waals surface area contributed by atoms with Crippen LogP contribution in [0, 0.1) is 0 Å². The van der Waals surface area contributed by atoms with E-state index in [0.717, 1.165) is 6.42 Å².